The number of rotatable bonds is 7. The van der Waals surface area contributed by atoms with E-state index >= 15 is 0 Å². The fraction of sp³-hybridized carbons (Fsp3) is 0.500. The number of aryl methyl sites for hydroxylation is 1. The van der Waals surface area contributed by atoms with Crippen molar-refractivity contribution in [1.82, 2.24) is 0 Å². The molecule has 0 unspecified atom stereocenters. The molecule has 0 amide bonds. The molecule has 1 atom stereocenters. The van der Waals surface area contributed by atoms with Gasteiger partial charge in [0.25, 0.3) is 0 Å². The Hall–Kier alpha value is -1.85. The molecule has 0 heterocycles. The smallest absolute Gasteiger partial charge is 0.394 e. The highest BCUT2D eigenvalue weighted by Gasteiger charge is 2.50. The lowest BCUT2D eigenvalue weighted by Gasteiger charge is -2.32. The molecule has 0 saturated carbocycles. The summed E-state index contributed by atoms with van der Waals surface area (Å²) in [5.74, 6) is -1.08. The molecule has 0 aromatic heterocycles. The van der Waals surface area contributed by atoms with Crippen molar-refractivity contribution in [1.29, 1.82) is 0 Å². The zero-order valence-electron chi connectivity index (χ0n) is 14.1. The van der Waals surface area contributed by atoms with Crippen LogP contribution < -0.4 is 0 Å². The Balaban J connectivity index is 2.94. The van der Waals surface area contributed by atoms with Crippen LogP contribution in [0.2, 0.25) is 0 Å². The van der Waals surface area contributed by atoms with E-state index in [0.29, 0.717) is 11.1 Å². The van der Waals surface area contributed by atoms with Crippen molar-refractivity contribution >= 4 is 11.5 Å². The van der Waals surface area contributed by atoms with Crippen LogP contribution in [0.3, 0.4) is 0 Å². The Morgan fingerprint density at radius 1 is 1.29 bits per heavy atom. The van der Waals surface area contributed by atoms with Gasteiger partial charge in [-0.15, -0.1) is 0 Å². The Bertz CT molecular complexity index is 608. The third-order valence-electron chi connectivity index (χ3n) is 4.04. The molecule has 0 aliphatic heterocycles. The lowest BCUT2D eigenvalue weighted by atomic mass is 9.77. The first-order valence-corrected chi connectivity index (χ1v) is 7.67. The van der Waals surface area contributed by atoms with Crippen molar-refractivity contribution in [2.24, 2.45) is 5.41 Å². The van der Waals surface area contributed by atoms with Crippen LogP contribution in [0.5, 0.6) is 0 Å². The predicted octanol–water partition coefficient (Wildman–Crippen LogP) is 5.45. The number of benzene rings is 1. The van der Waals surface area contributed by atoms with Crippen molar-refractivity contribution in [3.05, 3.63) is 41.7 Å². The van der Waals surface area contributed by atoms with Crippen LogP contribution in [0.25, 0.3) is 5.57 Å². The third kappa shape index (κ3) is 5.08. The molecule has 0 aliphatic carbocycles. The number of hydrogen-bond donors (Lipinski definition) is 0. The maximum Gasteiger partial charge on any atom is 0.394 e. The number of carbonyl (C=O) groups is 1. The minimum Gasteiger partial charge on any atom is -0.466 e. The number of ether oxygens (including phenoxy) is 1. The van der Waals surface area contributed by atoms with E-state index in [1.54, 1.807) is 6.92 Å². The quantitative estimate of drug-likeness (QED) is 0.485. The second-order valence-corrected chi connectivity index (χ2v) is 6.11. The monoisotopic (exact) mass is 346 g/mol. The van der Waals surface area contributed by atoms with Gasteiger partial charge in [0.1, 0.15) is 5.82 Å². The zero-order chi connectivity index (χ0) is 18.5. The zero-order valence-corrected chi connectivity index (χ0v) is 14.1. The Morgan fingerprint density at radius 3 is 2.42 bits per heavy atom. The minimum atomic E-state index is -4.50. The van der Waals surface area contributed by atoms with Crippen molar-refractivity contribution in [3.63, 3.8) is 0 Å². The van der Waals surface area contributed by atoms with Crippen LogP contribution >= 0.6 is 0 Å². The summed E-state index contributed by atoms with van der Waals surface area (Å²) in [5, 5.41) is 0. The fourth-order valence-corrected chi connectivity index (χ4v) is 2.38. The van der Waals surface area contributed by atoms with Gasteiger partial charge in [-0.2, -0.15) is 13.2 Å². The maximum atomic E-state index is 13.5. The molecule has 1 aromatic carbocycles. The van der Waals surface area contributed by atoms with E-state index in [1.165, 1.54) is 25.1 Å². The molecular weight excluding hydrogens is 324 g/mol. The third-order valence-corrected chi connectivity index (χ3v) is 4.04. The van der Waals surface area contributed by atoms with Gasteiger partial charge in [-0.25, -0.2) is 4.39 Å². The average Bonchev–Trinajstić information content (AvgIpc) is 2.47. The van der Waals surface area contributed by atoms with E-state index in [-0.39, 0.29) is 25.0 Å². The topological polar surface area (TPSA) is 26.3 Å². The molecule has 0 N–H and O–H groups in total. The first-order valence-electron chi connectivity index (χ1n) is 7.67. The molecular formula is C18H22F4O2. The summed E-state index contributed by atoms with van der Waals surface area (Å²) in [6.07, 6.45) is -5.59. The van der Waals surface area contributed by atoms with Crippen molar-refractivity contribution in [3.8, 4) is 0 Å². The van der Waals surface area contributed by atoms with Gasteiger partial charge in [0.2, 0.25) is 0 Å². The van der Waals surface area contributed by atoms with Crippen LogP contribution in [0.1, 0.15) is 44.2 Å². The van der Waals surface area contributed by atoms with Gasteiger partial charge < -0.3 is 4.74 Å². The van der Waals surface area contributed by atoms with Crippen molar-refractivity contribution in [2.75, 3.05) is 6.61 Å². The van der Waals surface area contributed by atoms with Gasteiger partial charge in [-0.1, -0.05) is 19.6 Å². The van der Waals surface area contributed by atoms with E-state index in [2.05, 4.69) is 6.58 Å². The molecule has 0 bridgehead atoms. The lowest BCUT2D eigenvalue weighted by molar-refractivity contribution is -0.219. The van der Waals surface area contributed by atoms with Gasteiger partial charge in [0.15, 0.2) is 0 Å². The van der Waals surface area contributed by atoms with E-state index in [4.69, 9.17) is 4.74 Å². The molecule has 0 spiro atoms. The summed E-state index contributed by atoms with van der Waals surface area (Å²) in [4.78, 5) is 11.4. The predicted molar refractivity (Wildman–Crippen MR) is 84.8 cm³/mol. The highest BCUT2D eigenvalue weighted by molar-refractivity contribution is 5.69. The average molecular weight is 346 g/mol. The Morgan fingerprint density at radius 2 is 1.92 bits per heavy atom. The first kappa shape index (κ1) is 20.2. The summed E-state index contributed by atoms with van der Waals surface area (Å²) in [7, 11) is 0. The van der Waals surface area contributed by atoms with E-state index in [1.807, 2.05) is 0 Å². The molecule has 0 saturated heterocycles. The van der Waals surface area contributed by atoms with Crippen molar-refractivity contribution < 1.29 is 27.1 Å². The summed E-state index contributed by atoms with van der Waals surface area (Å²) in [6.45, 7) is 8.04. The number of alkyl halides is 3. The fourth-order valence-electron chi connectivity index (χ4n) is 2.38. The van der Waals surface area contributed by atoms with E-state index < -0.39 is 29.8 Å². The number of halogens is 4. The molecule has 0 aliphatic rings. The first-order chi connectivity index (χ1) is 11.0. The Kier molecular flexibility index (Phi) is 6.58. The van der Waals surface area contributed by atoms with E-state index in [9.17, 15) is 22.4 Å². The van der Waals surface area contributed by atoms with Crippen LogP contribution in [0.4, 0.5) is 17.6 Å². The van der Waals surface area contributed by atoms with Gasteiger partial charge in [-0.3, -0.25) is 4.79 Å². The molecule has 2 nitrogen and oxygen atoms in total. The summed E-state index contributed by atoms with van der Waals surface area (Å²) < 4.78 is 58.5. The highest BCUT2D eigenvalue weighted by Crippen LogP contribution is 2.47. The largest absolute Gasteiger partial charge is 0.466 e. The minimum absolute atomic E-state index is 0.128. The van der Waals surface area contributed by atoms with Crippen LogP contribution in [-0.2, 0) is 9.53 Å². The number of hydrogen-bond acceptors (Lipinski definition) is 2. The molecule has 6 heteroatoms. The standard InChI is InChI=1S/C18H22F4O2/c1-5-24-16(23)8-9-17(4,18(20,21)22)11-13(3)14-6-7-15(19)12(2)10-14/h6-7,10H,3,5,8-9,11H2,1-2,4H3/t17-/m1/s1. The molecule has 1 rings (SSSR count). The second-order valence-electron chi connectivity index (χ2n) is 6.11. The Labute approximate surface area is 139 Å². The summed E-state index contributed by atoms with van der Waals surface area (Å²) in [5.41, 5.74) is -1.06. The SMILES string of the molecule is C=C(C[C@@](C)(CCC(=O)OCC)C(F)(F)F)c1ccc(F)c(C)c1. The van der Waals surface area contributed by atoms with Crippen LogP contribution in [0.15, 0.2) is 24.8 Å². The summed E-state index contributed by atoms with van der Waals surface area (Å²) >= 11 is 0. The lowest BCUT2D eigenvalue weighted by Crippen LogP contribution is -2.36. The second kappa shape index (κ2) is 7.81. The maximum absolute atomic E-state index is 13.5. The molecule has 0 radical (unpaired) electrons. The van der Waals surface area contributed by atoms with Gasteiger partial charge in [0, 0.05) is 6.42 Å². The normalized spacial score (nSPS) is 14.1. The molecule has 0 fully saturated rings. The molecule has 1 aromatic rings. The molecule has 24 heavy (non-hydrogen) atoms. The molecule has 134 valence electrons. The summed E-state index contributed by atoms with van der Waals surface area (Å²) in [6, 6.07) is 4.09. The highest BCUT2D eigenvalue weighted by atomic mass is 19.4. The van der Waals surface area contributed by atoms with Gasteiger partial charge in [0.05, 0.1) is 12.0 Å². The van der Waals surface area contributed by atoms with Crippen LogP contribution in [0, 0.1) is 18.2 Å². The van der Waals surface area contributed by atoms with E-state index in [0.717, 1.165) is 6.92 Å². The van der Waals surface area contributed by atoms with Crippen molar-refractivity contribution in [2.45, 2.75) is 46.2 Å². The van der Waals surface area contributed by atoms with Crippen LogP contribution in [-0.4, -0.2) is 18.8 Å². The van der Waals surface area contributed by atoms with Gasteiger partial charge in [-0.05, 0) is 55.5 Å². The van der Waals surface area contributed by atoms with Gasteiger partial charge >= 0.3 is 12.1 Å². The number of allylic oxidation sites excluding steroid dienone is 1. The number of esters is 1. The number of carbonyl (C=O) groups excluding carboxylic acids is 1.